The molecule has 1 amide bonds. The number of ether oxygens (including phenoxy) is 4. The van der Waals surface area contributed by atoms with E-state index in [0.29, 0.717) is 49.4 Å². The van der Waals surface area contributed by atoms with E-state index < -0.39 is 0 Å². The molecule has 0 fully saturated rings. The molecule has 1 N–H and O–H groups in total. The highest BCUT2D eigenvalue weighted by Gasteiger charge is 2.13. The molecule has 3 aromatic rings. The number of carbonyl (C=O) groups is 1. The van der Waals surface area contributed by atoms with Gasteiger partial charge in [-0.15, -0.1) is 0 Å². The van der Waals surface area contributed by atoms with Gasteiger partial charge in [0.05, 0.1) is 19.2 Å². The maximum atomic E-state index is 12.3. The highest BCUT2D eigenvalue weighted by atomic mass is 79.9. The monoisotopic (exact) mass is 524 g/mol. The Morgan fingerprint density at radius 1 is 0.971 bits per heavy atom. The molecule has 0 atom stereocenters. The van der Waals surface area contributed by atoms with Gasteiger partial charge in [0.2, 0.25) is 5.91 Å². The lowest BCUT2D eigenvalue weighted by Gasteiger charge is -2.18. The Kier molecular flexibility index (Phi) is 8.04. The van der Waals surface area contributed by atoms with E-state index >= 15 is 0 Å². The van der Waals surface area contributed by atoms with Crippen molar-refractivity contribution in [2.24, 2.45) is 5.10 Å². The lowest BCUT2D eigenvalue weighted by Crippen LogP contribution is -2.20. The molecule has 3 aromatic carbocycles. The second kappa shape index (κ2) is 11.6. The first-order valence-electron chi connectivity index (χ1n) is 10.9. The third kappa shape index (κ3) is 6.51. The highest BCUT2D eigenvalue weighted by molar-refractivity contribution is 9.10. The topological polar surface area (TPSA) is 78.4 Å². The van der Waals surface area contributed by atoms with E-state index in [9.17, 15) is 4.79 Å². The standard InChI is InChI=1S/C26H25BrN2O5/c1-2-31-24-14-20(6-10-23(24)34-17-18-3-7-21(27)8-4-18)16-28-29-26(30)15-19-5-9-22-25(13-19)33-12-11-32-22/h3-10,13-14,16H,2,11-12,15,17H2,1H3,(H,29,30)/b28-16+. The molecule has 0 aliphatic carbocycles. The van der Waals surface area contributed by atoms with Crippen molar-refractivity contribution in [3.63, 3.8) is 0 Å². The van der Waals surface area contributed by atoms with E-state index in [1.165, 1.54) is 0 Å². The summed E-state index contributed by atoms with van der Waals surface area (Å²) in [6, 6.07) is 19.0. The van der Waals surface area contributed by atoms with Gasteiger partial charge < -0.3 is 18.9 Å². The van der Waals surface area contributed by atoms with E-state index in [4.69, 9.17) is 18.9 Å². The van der Waals surface area contributed by atoms with Gasteiger partial charge in [0.25, 0.3) is 0 Å². The average Bonchev–Trinajstić information content (AvgIpc) is 2.85. The van der Waals surface area contributed by atoms with Crippen molar-refractivity contribution in [2.75, 3.05) is 19.8 Å². The van der Waals surface area contributed by atoms with Crippen LogP contribution < -0.4 is 24.4 Å². The Hall–Kier alpha value is -3.52. The molecule has 1 heterocycles. The molecule has 7 nitrogen and oxygen atoms in total. The van der Waals surface area contributed by atoms with Crippen LogP contribution in [-0.4, -0.2) is 31.9 Å². The smallest absolute Gasteiger partial charge is 0.244 e. The van der Waals surface area contributed by atoms with E-state index in [2.05, 4.69) is 26.5 Å². The number of hydrogen-bond donors (Lipinski definition) is 1. The van der Waals surface area contributed by atoms with Crippen molar-refractivity contribution < 1.29 is 23.7 Å². The van der Waals surface area contributed by atoms with Crippen LogP contribution >= 0.6 is 15.9 Å². The van der Waals surface area contributed by atoms with Crippen LogP contribution in [0.4, 0.5) is 0 Å². The minimum atomic E-state index is -0.229. The van der Waals surface area contributed by atoms with Gasteiger partial charge in [-0.05, 0) is 66.1 Å². The van der Waals surface area contributed by atoms with E-state index in [1.807, 2.05) is 67.6 Å². The number of fused-ring (bicyclic) bond motifs is 1. The molecule has 0 saturated carbocycles. The zero-order valence-corrected chi connectivity index (χ0v) is 20.3. The predicted molar refractivity (Wildman–Crippen MR) is 133 cm³/mol. The third-order valence-corrected chi connectivity index (χ3v) is 5.48. The second-order valence-corrected chi connectivity index (χ2v) is 8.42. The SMILES string of the molecule is CCOc1cc(/C=N/NC(=O)Cc2ccc3c(c2)OCCO3)ccc1OCc1ccc(Br)cc1. The molecule has 0 unspecified atom stereocenters. The van der Waals surface area contributed by atoms with E-state index in [-0.39, 0.29) is 12.3 Å². The number of carbonyl (C=O) groups excluding carboxylic acids is 1. The van der Waals surface area contributed by atoms with Crippen LogP contribution in [-0.2, 0) is 17.8 Å². The Labute approximate surface area is 206 Å². The summed E-state index contributed by atoms with van der Waals surface area (Å²) < 4.78 is 23.8. The van der Waals surface area contributed by atoms with Gasteiger partial charge in [-0.25, -0.2) is 5.43 Å². The molecule has 0 radical (unpaired) electrons. The molecule has 8 heteroatoms. The number of rotatable bonds is 9. The minimum Gasteiger partial charge on any atom is -0.490 e. The first-order valence-corrected chi connectivity index (χ1v) is 11.7. The van der Waals surface area contributed by atoms with Gasteiger partial charge in [-0.1, -0.05) is 34.1 Å². The molecule has 0 spiro atoms. The first-order chi connectivity index (χ1) is 16.6. The summed E-state index contributed by atoms with van der Waals surface area (Å²) >= 11 is 3.43. The van der Waals surface area contributed by atoms with Gasteiger partial charge in [0.1, 0.15) is 19.8 Å². The van der Waals surface area contributed by atoms with Gasteiger partial charge >= 0.3 is 0 Å². The summed E-state index contributed by atoms with van der Waals surface area (Å²) in [6.45, 7) is 3.88. The summed E-state index contributed by atoms with van der Waals surface area (Å²) in [5.41, 5.74) is 5.21. The molecule has 4 rings (SSSR count). The van der Waals surface area contributed by atoms with E-state index in [1.54, 1.807) is 6.21 Å². The van der Waals surface area contributed by atoms with Crippen molar-refractivity contribution in [1.29, 1.82) is 0 Å². The lowest BCUT2D eigenvalue weighted by molar-refractivity contribution is -0.120. The summed E-state index contributed by atoms with van der Waals surface area (Å²) in [5, 5.41) is 4.08. The first kappa shape index (κ1) is 23.6. The van der Waals surface area contributed by atoms with Crippen molar-refractivity contribution in [1.82, 2.24) is 5.43 Å². The average molecular weight is 525 g/mol. The molecular weight excluding hydrogens is 500 g/mol. The number of benzene rings is 3. The van der Waals surface area contributed by atoms with Gasteiger partial charge in [-0.3, -0.25) is 4.79 Å². The third-order valence-electron chi connectivity index (χ3n) is 4.95. The largest absolute Gasteiger partial charge is 0.490 e. The summed E-state index contributed by atoms with van der Waals surface area (Å²) in [7, 11) is 0. The molecule has 1 aliphatic heterocycles. The number of halogens is 1. The van der Waals surface area contributed by atoms with Gasteiger partial charge in [-0.2, -0.15) is 5.10 Å². The Bertz CT molecular complexity index is 1160. The van der Waals surface area contributed by atoms with Crippen LogP contribution in [0.3, 0.4) is 0 Å². The summed E-state index contributed by atoms with van der Waals surface area (Å²) in [5.74, 6) is 2.39. The fourth-order valence-electron chi connectivity index (χ4n) is 3.34. The number of amides is 1. The number of nitrogens with zero attached hydrogens (tertiary/aromatic N) is 1. The van der Waals surface area contributed by atoms with Crippen molar-refractivity contribution in [3.05, 3.63) is 81.8 Å². The van der Waals surface area contributed by atoms with Crippen LogP contribution in [0, 0.1) is 0 Å². The highest BCUT2D eigenvalue weighted by Crippen LogP contribution is 2.31. The Morgan fingerprint density at radius 3 is 2.53 bits per heavy atom. The van der Waals surface area contributed by atoms with Crippen LogP contribution in [0.5, 0.6) is 23.0 Å². The molecule has 0 aromatic heterocycles. The zero-order chi connectivity index (χ0) is 23.8. The van der Waals surface area contributed by atoms with Crippen molar-refractivity contribution in [2.45, 2.75) is 20.0 Å². The Morgan fingerprint density at radius 2 is 1.74 bits per heavy atom. The molecule has 0 saturated heterocycles. The molecule has 34 heavy (non-hydrogen) atoms. The van der Waals surface area contributed by atoms with E-state index in [0.717, 1.165) is 21.2 Å². The Balaban J connectivity index is 1.34. The fourth-order valence-corrected chi connectivity index (χ4v) is 3.60. The van der Waals surface area contributed by atoms with Crippen molar-refractivity contribution >= 4 is 28.1 Å². The van der Waals surface area contributed by atoms with Gasteiger partial charge in [0.15, 0.2) is 23.0 Å². The molecule has 1 aliphatic rings. The maximum absolute atomic E-state index is 12.3. The number of nitrogens with one attached hydrogen (secondary N) is 1. The quantitative estimate of drug-likeness (QED) is 0.318. The maximum Gasteiger partial charge on any atom is 0.244 e. The van der Waals surface area contributed by atoms with Crippen LogP contribution in [0.1, 0.15) is 23.6 Å². The lowest BCUT2D eigenvalue weighted by atomic mass is 10.1. The van der Waals surface area contributed by atoms with Crippen LogP contribution in [0.25, 0.3) is 0 Å². The fraction of sp³-hybridized carbons (Fsp3) is 0.231. The molecular formula is C26H25BrN2O5. The predicted octanol–water partition coefficient (Wildman–Crippen LogP) is 4.89. The minimum absolute atomic E-state index is 0.182. The summed E-state index contributed by atoms with van der Waals surface area (Å²) in [4.78, 5) is 12.3. The van der Waals surface area contributed by atoms with Gasteiger partial charge in [0, 0.05) is 4.47 Å². The number of hydrogen-bond acceptors (Lipinski definition) is 6. The normalized spacial score (nSPS) is 12.4. The van der Waals surface area contributed by atoms with Crippen LogP contribution in [0.15, 0.2) is 70.2 Å². The molecule has 176 valence electrons. The second-order valence-electron chi connectivity index (χ2n) is 7.50. The van der Waals surface area contributed by atoms with Crippen molar-refractivity contribution in [3.8, 4) is 23.0 Å². The summed E-state index contributed by atoms with van der Waals surface area (Å²) in [6.07, 6.45) is 1.75. The molecule has 0 bridgehead atoms. The number of hydrazone groups is 1. The van der Waals surface area contributed by atoms with Crippen LogP contribution in [0.2, 0.25) is 0 Å². The zero-order valence-electron chi connectivity index (χ0n) is 18.8.